The van der Waals surface area contributed by atoms with Crippen LogP contribution in [0.2, 0.25) is 0 Å². The molecule has 0 aromatic rings. The van der Waals surface area contributed by atoms with Crippen molar-refractivity contribution in [1.82, 2.24) is 5.32 Å². The maximum Gasteiger partial charge on any atom is 0.408 e. The lowest BCUT2D eigenvalue weighted by molar-refractivity contribution is 0.103. The second-order valence-corrected chi connectivity index (χ2v) is 5.56. The van der Waals surface area contributed by atoms with Crippen molar-refractivity contribution in [3.63, 3.8) is 0 Å². The second kappa shape index (κ2) is 6.05. The summed E-state index contributed by atoms with van der Waals surface area (Å²) in [5, 5.41) is 12.3. The molecule has 98 valence electrons. The van der Waals surface area contributed by atoms with Gasteiger partial charge in [-0.3, -0.25) is 0 Å². The van der Waals surface area contributed by atoms with Crippen LogP contribution in [0.15, 0.2) is 12.2 Å². The number of rotatable bonds is 1. The molecule has 0 fully saturated rings. The maximum atomic E-state index is 11.6. The highest BCUT2D eigenvalue weighted by Gasteiger charge is 2.18. The number of carbonyl (C=O) groups is 1. The van der Waals surface area contributed by atoms with Gasteiger partial charge >= 0.3 is 6.09 Å². The summed E-state index contributed by atoms with van der Waals surface area (Å²) in [5.74, 6) is 0. The van der Waals surface area contributed by atoms with E-state index in [1.807, 2.05) is 20.8 Å². The fourth-order valence-corrected chi connectivity index (χ4v) is 1.71. The smallest absolute Gasteiger partial charge is 0.408 e. The molecule has 0 saturated heterocycles. The van der Waals surface area contributed by atoms with Gasteiger partial charge in [0.15, 0.2) is 0 Å². The predicted octanol–water partition coefficient (Wildman–Crippen LogP) is 2.37. The third-order valence-electron chi connectivity index (χ3n) is 2.52. The lowest BCUT2D eigenvalue weighted by atomic mass is 10.0. The lowest BCUT2D eigenvalue weighted by Gasteiger charge is -2.23. The molecule has 0 heterocycles. The fraction of sp³-hybridized carbons (Fsp3) is 0.769. The van der Waals surface area contributed by atoms with Gasteiger partial charge < -0.3 is 15.2 Å². The SMILES string of the molecule is CC(C)(C)NC(=O)OC1/C=C/C(O)CCCC1. The quantitative estimate of drug-likeness (QED) is 0.693. The van der Waals surface area contributed by atoms with Crippen molar-refractivity contribution in [2.24, 2.45) is 0 Å². The Morgan fingerprint density at radius 3 is 2.59 bits per heavy atom. The Morgan fingerprint density at radius 2 is 1.94 bits per heavy atom. The first kappa shape index (κ1) is 14.0. The predicted molar refractivity (Wildman–Crippen MR) is 66.8 cm³/mol. The molecule has 0 aromatic heterocycles. The van der Waals surface area contributed by atoms with Crippen LogP contribution in [0.3, 0.4) is 0 Å². The average molecular weight is 241 g/mol. The van der Waals surface area contributed by atoms with Crippen LogP contribution >= 0.6 is 0 Å². The van der Waals surface area contributed by atoms with Crippen molar-refractivity contribution in [2.45, 2.75) is 64.2 Å². The number of hydrogen-bond donors (Lipinski definition) is 2. The number of aliphatic hydroxyl groups is 1. The molecule has 4 heteroatoms. The molecule has 0 saturated carbocycles. The minimum Gasteiger partial charge on any atom is -0.442 e. The summed E-state index contributed by atoms with van der Waals surface area (Å²) in [5.41, 5.74) is -0.290. The van der Waals surface area contributed by atoms with E-state index in [1.165, 1.54) is 0 Å². The van der Waals surface area contributed by atoms with Crippen LogP contribution in [0, 0.1) is 0 Å². The molecule has 2 unspecified atom stereocenters. The molecule has 4 nitrogen and oxygen atoms in total. The summed E-state index contributed by atoms with van der Waals surface area (Å²) in [6.07, 6.45) is 6.00. The normalized spacial score (nSPS) is 27.8. The van der Waals surface area contributed by atoms with E-state index >= 15 is 0 Å². The molecule has 1 amide bonds. The molecular weight excluding hydrogens is 218 g/mol. The van der Waals surface area contributed by atoms with Crippen LogP contribution in [0.5, 0.6) is 0 Å². The van der Waals surface area contributed by atoms with Gasteiger partial charge in [0.25, 0.3) is 0 Å². The highest BCUT2D eigenvalue weighted by atomic mass is 16.6. The van der Waals surface area contributed by atoms with E-state index in [1.54, 1.807) is 12.2 Å². The van der Waals surface area contributed by atoms with Gasteiger partial charge in [-0.15, -0.1) is 0 Å². The molecule has 0 radical (unpaired) electrons. The summed E-state index contributed by atoms with van der Waals surface area (Å²) < 4.78 is 5.30. The molecule has 1 aliphatic carbocycles. The van der Waals surface area contributed by atoms with E-state index in [0.717, 1.165) is 25.7 Å². The van der Waals surface area contributed by atoms with E-state index in [-0.39, 0.29) is 11.6 Å². The Balaban J connectivity index is 2.46. The second-order valence-electron chi connectivity index (χ2n) is 5.56. The highest BCUT2D eigenvalue weighted by Crippen LogP contribution is 2.15. The number of ether oxygens (including phenoxy) is 1. The average Bonchev–Trinajstić information content (AvgIpc) is 2.14. The van der Waals surface area contributed by atoms with Crippen molar-refractivity contribution < 1.29 is 14.6 Å². The number of hydrogen-bond acceptors (Lipinski definition) is 3. The first-order valence-electron chi connectivity index (χ1n) is 6.22. The topological polar surface area (TPSA) is 58.6 Å². The minimum absolute atomic E-state index is 0.229. The molecule has 2 N–H and O–H groups in total. The van der Waals surface area contributed by atoms with E-state index in [0.29, 0.717) is 0 Å². The number of carbonyl (C=O) groups excluding carboxylic acids is 1. The number of aliphatic hydroxyl groups excluding tert-OH is 1. The first-order valence-corrected chi connectivity index (χ1v) is 6.22. The monoisotopic (exact) mass is 241 g/mol. The first-order chi connectivity index (χ1) is 7.87. The molecule has 17 heavy (non-hydrogen) atoms. The Morgan fingerprint density at radius 1 is 1.29 bits per heavy atom. The van der Waals surface area contributed by atoms with Crippen molar-refractivity contribution in [3.8, 4) is 0 Å². The summed E-state index contributed by atoms with van der Waals surface area (Å²) in [6, 6.07) is 0. The summed E-state index contributed by atoms with van der Waals surface area (Å²) in [7, 11) is 0. The van der Waals surface area contributed by atoms with E-state index in [2.05, 4.69) is 5.32 Å². The molecule has 0 aliphatic heterocycles. The fourth-order valence-electron chi connectivity index (χ4n) is 1.71. The van der Waals surface area contributed by atoms with Gasteiger partial charge in [-0.2, -0.15) is 0 Å². The van der Waals surface area contributed by atoms with Crippen molar-refractivity contribution in [1.29, 1.82) is 0 Å². The van der Waals surface area contributed by atoms with Gasteiger partial charge in [0.1, 0.15) is 6.10 Å². The van der Waals surface area contributed by atoms with Gasteiger partial charge in [-0.1, -0.05) is 12.5 Å². The molecular formula is C13H23NO3. The van der Waals surface area contributed by atoms with Crippen molar-refractivity contribution in [2.75, 3.05) is 0 Å². The van der Waals surface area contributed by atoms with E-state index in [4.69, 9.17) is 4.74 Å². The van der Waals surface area contributed by atoms with Gasteiger partial charge in [-0.25, -0.2) is 4.79 Å². The zero-order valence-electron chi connectivity index (χ0n) is 10.9. The largest absolute Gasteiger partial charge is 0.442 e. The zero-order valence-corrected chi connectivity index (χ0v) is 10.9. The molecule has 2 atom stereocenters. The Labute approximate surface area is 103 Å². The van der Waals surface area contributed by atoms with Crippen molar-refractivity contribution >= 4 is 6.09 Å². The van der Waals surface area contributed by atoms with Crippen LogP contribution in [0.1, 0.15) is 46.5 Å². The Bertz CT molecular complexity index is 281. The van der Waals surface area contributed by atoms with Gasteiger partial charge in [0, 0.05) is 5.54 Å². The number of nitrogens with one attached hydrogen (secondary N) is 1. The third kappa shape index (κ3) is 6.31. The van der Waals surface area contributed by atoms with Crippen LogP contribution in [-0.4, -0.2) is 28.9 Å². The summed E-state index contributed by atoms with van der Waals surface area (Å²) in [6.45, 7) is 5.73. The van der Waals surface area contributed by atoms with Crippen molar-refractivity contribution in [3.05, 3.63) is 12.2 Å². The van der Waals surface area contributed by atoms with Crippen LogP contribution < -0.4 is 5.32 Å². The van der Waals surface area contributed by atoms with Gasteiger partial charge in [0.05, 0.1) is 6.10 Å². The summed E-state index contributed by atoms with van der Waals surface area (Å²) in [4.78, 5) is 11.6. The molecule has 1 rings (SSSR count). The minimum atomic E-state index is -0.410. The third-order valence-corrected chi connectivity index (χ3v) is 2.52. The van der Waals surface area contributed by atoms with Crippen LogP contribution in [0.4, 0.5) is 4.79 Å². The van der Waals surface area contributed by atoms with Crippen LogP contribution in [-0.2, 0) is 4.74 Å². The molecule has 1 aliphatic rings. The van der Waals surface area contributed by atoms with Crippen LogP contribution in [0.25, 0.3) is 0 Å². The zero-order chi connectivity index (χ0) is 12.9. The van der Waals surface area contributed by atoms with E-state index < -0.39 is 12.2 Å². The summed E-state index contributed by atoms with van der Waals surface area (Å²) >= 11 is 0. The van der Waals surface area contributed by atoms with Gasteiger partial charge in [0.2, 0.25) is 0 Å². The number of alkyl carbamates (subject to hydrolysis) is 1. The molecule has 0 spiro atoms. The molecule has 0 aromatic carbocycles. The van der Waals surface area contributed by atoms with Gasteiger partial charge in [-0.05, 0) is 46.1 Å². The Kier molecular flexibility index (Phi) is 5.00. The molecule has 0 bridgehead atoms. The number of amides is 1. The highest BCUT2D eigenvalue weighted by molar-refractivity contribution is 5.68. The van der Waals surface area contributed by atoms with E-state index in [9.17, 15) is 9.90 Å². The standard InChI is InChI=1S/C13H23NO3/c1-13(2,3)14-12(16)17-11-7-5-4-6-10(15)8-9-11/h8-11,15H,4-7H2,1-3H3,(H,14,16)/b9-8+. The lowest BCUT2D eigenvalue weighted by Crippen LogP contribution is -2.42. The maximum absolute atomic E-state index is 11.6. The Hall–Kier alpha value is -1.03.